The van der Waals surface area contributed by atoms with Crippen molar-refractivity contribution in [3.63, 3.8) is 0 Å². The van der Waals surface area contributed by atoms with E-state index in [2.05, 4.69) is 5.32 Å². The van der Waals surface area contributed by atoms with Crippen LogP contribution in [-0.2, 0) is 4.79 Å². The molecule has 0 aliphatic carbocycles. The molecular formula is C10H12N2O2S. The highest BCUT2D eigenvalue weighted by Gasteiger charge is 2.27. The molecule has 3 N–H and O–H groups in total. The van der Waals surface area contributed by atoms with Crippen LogP contribution in [0.25, 0.3) is 0 Å². The summed E-state index contributed by atoms with van der Waals surface area (Å²) >= 11 is 1.48. The molecule has 0 saturated heterocycles. The van der Waals surface area contributed by atoms with Gasteiger partial charge in [-0.2, -0.15) is 0 Å². The molecule has 80 valence electrons. The molecule has 15 heavy (non-hydrogen) atoms. The average Bonchev–Trinajstić information content (AvgIpc) is 2.27. The van der Waals surface area contributed by atoms with Gasteiger partial charge in [0, 0.05) is 11.4 Å². The summed E-state index contributed by atoms with van der Waals surface area (Å²) in [7, 11) is 1.58. The molecule has 1 aromatic rings. The molecular weight excluding hydrogens is 212 g/mol. The summed E-state index contributed by atoms with van der Waals surface area (Å²) in [5.41, 5.74) is 6.26. The number of amides is 1. The molecule has 0 spiro atoms. The summed E-state index contributed by atoms with van der Waals surface area (Å²) in [6, 6.07) is 5.67. The van der Waals surface area contributed by atoms with E-state index in [0.29, 0.717) is 12.3 Å². The zero-order valence-electron chi connectivity index (χ0n) is 8.32. The Morgan fingerprint density at radius 2 is 2.40 bits per heavy atom. The van der Waals surface area contributed by atoms with Gasteiger partial charge in [-0.3, -0.25) is 4.79 Å². The molecule has 0 radical (unpaired) electrons. The van der Waals surface area contributed by atoms with E-state index in [0.717, 1.165) is 10.6 Å². The fraction of sp³-hybridized carbons (Fsp3) is 0.300. The first-order chi connectivity index (χ1) is 7.26. The van der Waals surface area contributed by atoms with Crippen molar-refractivity contribution in [2.45, 2.75) is 10.1 Å². The minimum atomic E-state index is -0.204. The number of anilines is 1. The topological polar surface area (TPSA) is 64.3 Å². The zero-order valence-corrected chi connectivity index (χ0v) is 9.14. The second-order valence-corrected chi connectivity index (χ2v) is 4.41. The van der Waals surface area contributed by atoms with E-state index in [-0.39, 0.29) is 11.2 Å². The van der Waals surface area contributed by atoms with Gasteiger partial charge in [0.05, 0.1) is 12.8 Å². The molecule has 1 aliphatic heterocycles. The molecule has 0 aromatic heterocycles. The molecule has 1 aliphatic rings. The van der Waals surface area contributed by atoms with Crippen LogP contribution < -0.4 is 15.8 Å². The molecule has 0 bridgehead atoms. The number of para-hydroxylation sites is 1. The predicted octanol–water partition coefficient (Wildman–Crippen LogP) is 1.07. The van der Waals surface area contributed by atoms with Crippen molar-refractivity contribution in [3.05, 3.63) is 18.2 Å². The van der Waals surface area contributed by atoms with Gasteiger partial charge in [0.2, 0.25) is 5.91 Å². The van der Waals surface area contributed by atoms with E-state index >= 15 is 0 Å². The summed E-state index contributed by atoms with van der Waals surface area (Å²) in [5.74, 6) is 0.628. The second kappa shape index (κ2) is 4.12. The molecule has 5 heteroatoms. The van der Waals surface area contributed by atoms with Crippen LogP contribution in [0.4, 0.5) is 5.69 Å². The Morgan fingerprint density at radius 3 is 3.07 bits per heavy atom. The maximum atomic E-state index is 11.6. The van der Waals surface area contributed by atoms with Crippen LogP contribution in [0.2, 0.25) is 0 Å². The Hall–Kier alpha value is -1.20. The quantitative estimate of drug-likeness (QED) is 0.788. The fourth-order valence-electron chi connectivity index (χ4n) is 1.47. The molecule has 1 amide bonds. The number of nitrogens with two attached hydrogens (primary N) is 1. The smallest absolute Gasteiger partial charge is 0.239 e. The Balaban J connectivity index is 2.39. The number of hydrogen-bond donors (Lipinski definition) is 2. The highest BCUT2D eigenvalue weighted by Crippen LogP contribution is 2.40. The number of benzene rings is 1. The summed E-state index contributed by atoms with van der Waals surface area (Å²) in [4.78, 5) is 12.6. The third-order valence-corrected chi connectivity index (χ3v) is 3.52. The number of methoxy groups -OCH3 is 1. The van der Waals surface area contributed by atoms with Crippen molar-refractivity contribution in [1.82, 2.24) is 0 Å². The lowest BCUT2D eigenvalue weighted by Gasteiger charge is -2.24. The number of carbonyl (C=O) groups excluding carboxylic acids is 1. The monoisotopic (exact) mass is 224 g/mol. The average molecular weight is 224 g/mol. The van der Waals surface area contributed by atoms with Gasteiger partial charge < -0.3 is 15.8 Å². The number of thioether (sulfide) groups is 1. The van der Waals surface area contributed by atoms with Gasteiger partial charge in [-0.25, -0.2) is 0 Å². The van der Waals surface area contributed by atoms with Crippen molar-refractivity contribution in [2.24, 2.45) is 5.73 Å². The molecule has 0 fully saturated rings. The first-order valence-corrected chi connectivity index (χ1v) is 5.49. The largest absolute Gasteiger partial charge is 0.495 e. The Morgan fingerprint density at radius 1 is 1.60 bits per heavy atom. The third kappa shape index (κ3) is 1.80. The number of carbonyl (C=O) groups is 1. The standard InChI is InChI=1S/C10H12N2O2S/c1-14-6-3-2-4-7-9(6)12-10(13)8(5-11)15-7/h2-4,8H,5,11H2,1H3,(H,12,13). The first-order valence-electron chi connectivity index (χ1n) is 4.61. The molecule has 0 saturated carbocycles. The minimum absolute atomic E-state index is 0.0560. The van der Waals surface area contributed by atoms with Crippen molar-refractivity contribution < 1.29 is 9.53 Å². The summed E-state index contributed by atoms with van der Waals surface area (Å²) in [6.45, 7) is 0.340. The molecule has 1 atom stereocenters. The fourth-order valence-corrected chi connectivity index (χ4v) is 2.46. The number of rotatable bonds is 2. The van der Waals surface area contributed by atoms with E-state index in [1.807, 2.05) is 18.2 Å². The van der Waals surface area contributed by atoms with Crippen LogP contribution in [0.3, 0.4) is 0 Å². The SMILES string of the molecule is COc1cccc2c1NC(=O)C(CN)S2. The van der Waals surface area contributed by atoms with E-state index in [9.17, 15) is 4.79 Å². The van der Waals surface area contributed by atoms with Crippen LogP contribution in [0, 0.1) is 0 Å². The number of nitrogens with one attached hydrogen (secondary N) is 1. The number of hydrogen-bond acceptors (Lipinski definition) is 4. The Labute approximate surface area is 92.2 Å². The van der Waals surface area contributed by atoms with E-state index in [1.165, 1.54) is 11.8 Å². The van der Waals surface area contributed by atoms with Gasteiger partial charge in [0.15, 0.2) is 0 Å². The normalized spacial score (nSPS) is 19.3. The van der Waals surface area contributed by atoms with Gasteiger partial charge in [0.25, 0.3) is 0 Å². The van der Waals surface area contributed by atoms with Gasteiger partial charge in [-0.05, 0) is 12.1 Å². The predicted molar refractivity (Wildman–Crippen MR) is 60.3 cm³/mol. The van der Waals surface area contributed by atoms with Gasteiger partial charge in [0.1, 0.15) is 11.0 Å². The van der Waals surface area contributed by atoms with Crippen LogP contribution in [0.1, 0.15) is 0 Å². The van der Waals surface area contributed by atoms with Crippen molar-refractivity contribution >= 4 is 23.4 Å². The third-order valence-electron chi connectivity index (χ3n) is 2.23. The second-order valence-electron chi connectivity index (χ2n) is 3.16. The highest BCUT2D eigenvalue weighted by molar-refractivity contribution is 8.01. The molecule has 1 unspecified atom stereocenters. The molecule has 2 rings (SSSR count). The Kier molecular flexibility index (Phi) is 2.83. The van der Waals surface area contributed by atoms with Crippen molar-refractivity contribution in [3.8, 4) is 5.75 Å². The summed E-state index contributed by atoms with van der Waals surface area (Å²) in [5, 5.41) is 2.61. The summed E-state index contributed by atoms with van der Waals surface area (Å²) in [6.07, 6.45) is 0. The molecule has 4 nitrogen and oxygen atoms in total. The Bertz CT molecular complexity index is 395. The lowest BCUT2D eigenvalue weighted by molar-refractivity contribution is -0.115. The van der Waals surface area contributed by atoms with E-state index < -0.39 is 0 Å². The van der Waals surface area contributed by atoms with Gasteiger partial charge in [-0.15, -0.1) is 11.8 Å². The lowest BCUT2D eigenvalue weighted by Crippen LogP contribution is -2.34. The van der Waals surface area contributed by atoms with Crippen LogP contribution in [0.15, 0.2) is 23.1 Å². The lowest BCUT2D eigenvalue weighted by atomic mass is 10.2. The van der Waals surface area contributed by atoms with Crippen LogP contribution >= 0.6 is 11.8 Å². The maximum Gasteiger partial charge on any atom is 0.239 e. The van der Waals surface area contributed by atoms with Crippen LogP contribution in [0.5, 0.6) is 5.75 Å². The van der Waals surface area contributed by atoms with E-state index in [1.54, 1.807) is 7.11 Å². The van der Waals surface area contributed by atoms with E-state index in [4.69, 9.17) is 10.5 Å². The van der Waals surface area contributed by atoms with Crippen molar-refractivity contribution in [2.75, 3.05) is 19.0 Å². The highest BCUT2D eigenvalue weighted by atomic mass is 32.2. The maximum absolute atomic E-state index is 11.6. The molecule has 1 heterocycles. The van der Waals surface area contributed by atoms with Gasteiger partial charge >= 0.3 is 0 Å². The first kappa shape index (κ1) is 10.3. The zero-order chi connectivity index (χ0) is 10.8. The summed E-state index contributed by atoms with van der Waals surface area (Å²) < 4.78 is 5.17. The van der Waals surface area contributed by atoms with Gasteiger partial charge in [-0.1, -0.05) is 6.07 Å². The van der Waals surface area contributed by atoms with Crippen molar-refractivity contribution in [1.29, 1.82) is 0 Å². The minimum Gasteiger partial charge on any atom is -0.495 e. The number of fused-ring (bicyclic) bond motifs is 1. The van der Waals surface area contributed by atoms with Crippen LogP contribution in [-0.4, -0.2) is 24.8 Å². The molecule has 1 aromatic carbocycles. The number of ether oxygens (including phenoxy) is 1.